The lowest BCUT2D eigenvalue weighted by molar-refractivity contribution is -0.870. The number of likely N-dealkylation sites (N-methyl/N-ethyl adjacent to an activating group) is 1. The van der Waals surface area contributed by atoms with E-state index < -0.39 is 45.9 Å². The fourth-order valence-corrected chi connectivity index (χ4v) is 7.03. The van der Waals surface area contributed by atoms with E-state index in [1.54, 1.807) is 37.6 Å². The summed E-state index contributed by atoms with van der Waals surface area (Å²) >= 11 is 1.25. The topological polar surface area (TPSA) is 140 Å². The number of thioether (sulfide) groups is 1. The highest BCUT2D eigenvalue weighted by atomic mass is 32.2. The number of quaternary nitrogens is 1. The Bertz CT molecular complexity index is 1330. The molecule has 4 amide bonds. The van der Waals surface area contributed by atoms with Crippen molar-refractivity contribution in [2.45, 2.75) is 126 Å². The fraction of sp³-hybridized carbons (Fsp3) is 0.854. The molecule has 13 nitrogen and oxygen atoms in total. The zero-order chi connectivity index (χ0) is 42.7. The van der Waals surface area contributed by atoms with Gasteiger partial charge in [0, 0.05) is 37.8 Å². The summed E-state index contributed by atoms with van der Waals surface area (Å²) in [6.07, 6.45) is 1.93. The molecular formula is C41H75N4O9S+. The van der Waals surface area contributed by atoms with Gasteiger partial charge in [-0.15, -0.1) is 11.8 Å². The summed E-state index contributed by atoms with van der Waals surface area (Å²) in [6.45, 7) is 24.4. The maximum atomic E-state index is 13.3. The second-order valence-electron chi connectivity index (χ2n) is 18.3. The number of carbonyl (C=O) groups is 6. The van der Waals surface area contributed by atoms with Crippen LogP contribution in [0, 0.1) is 28.1 Å². The Balaban J connectivity index is 2.73. The largest absolute Gasteiger partial charge is 0.464 e. The minimum absolute atomic E-state index is 0.00735. The summed E-state index contributed by atoms with van der Waals surface area (Å²) in [5.41, 5.74) is -1.95. The Morgan fingerprint density at radius 2 is 1.45 bits per heavy atom. The van der Waals surface area contributed by atoms with Gasteiger partial charge in [0.2, 0.25) is 11.8 Å². The zero-order valence-corrected chi connectivity index (χ0v) is 37.9. The van der Waals surface area contributed by atoms with Crippen LogP contribution < -0.4 is 0 Å². The van der Waals surface area contributed by atoms with Crippen LogP contribution in [0.15, 0.2) is 0 Å². The number of carbonyl (C=O) groups excluding carboxylic acids is 6. The summed E-state index contributed by atoms with van der Waals surface area (Å²) in [4.78, 5) is 83.4. The van der Waals surface area contributed by atoms with E-state index >= 15 is 0 Å². The first-order valence-electron chi connectivity index (χ1n) is 20.0. The van der Waals surface area contributed by atoms with Gasteiger partial charge in [-0.1, -0.05) is 54.9 Å². The standard InChI is InChI=1S/C41H75N4O9S/c1-17-19-43(38(51)42(13)28(3)4)30(6)41(11,12)37(50)54-24-25-55-32-26-33(46)44(34(32)47)20-22-52-35(48)29(5)40(9,10)27-31(39(7,8)18-2)36(49)53-23-21-45(14,15)16/h28-32H,17-27H2,1-16H3/q+1. The highest BCUT2D eigenvalue weighted by Gasteiger charge is 2.44. The molecule has 0 saturated carbocycles. The number of ether oxygens (including phenoxy) is 3. The van der Waals surface area contributed by atoms with Gasteiger partial charge in [0.05, 0.1) is 50.2 Å². The van der Waals surface area contributed by atoms with E-state index in [2.05, 4.69) is 0 Å². The smallest absolute Gasteiger partial charge is 0.320 e. The third-order valence-corrected chi connectivity index (χ3v) is 12.8. The molecule has 0 aromatic heterocycles. The van der Waals surface area contributed by atoms with Crippen LogP contribution in [-0.4, -0.2) is 146 Å². The highest BCUT2D eigenvalue weighted by molar-refractivity contribution is 8.00. The molecule has 1 rings (SSSR count). The van der Waals surface area contributed by atoms with Crippen molar-refractivity contribution >= 4 is 47.5 Å². The molecule has 0 aromatic rings. The van der Waals surface area contributed by atoms with Crippen molar-refractivity contribution in [2.24, 2.45) is 28.1 Å². The van der Waals surface area contributed by atoms with Crippen molar-refractivity contribution in [2.75, 3.05) is 73.4 Å². The van der Waals surface area contributed by atoms with Crippen molar-refractivity contribution < 1.29 is 47.5 Å². The monoisotopic (exact) mass is 800 g/mol. The van der Waals surface area contributed by atoms with E-state index in [-0.39, 0.29) is 61.5 Å². The first-order valence-corrected chi connectivity index (χ1v) is 21.0. The predicted octanol–water partition coefficient (Wildman–Crippen LogP) is 5.87. The maximum absolute atomic E-state index is 13.3. The van der Waals surface area contributed by atoms with Crippen LogP contribution in [0.4, 0.5) is 4.79 Å². The van der Waals surface area contributed by atoms with Crippen LogP contribution in [0.3, 0.4) is 0 Å². The average molecular weight is 800 g/mol. The maximum Gasteiger partial charge on any atom is 0.320 e. The number of amides is 4. The highest BCUT2D eigenvalue weighted by Crippen LogP contribution is 2.43. The lowest BCUT2D eigenvalue weighted by Crippen LogP contribution is -2.55. The number of imide groups is 1. The number of hydrogen-bond acceptors (Lipinski definition) is 10. The van der Waals surface area contributed by atoms with Crippen LogP contribution in [0.5, 0.6) is 0 Å². The molecule has 1 saturated heterocycles. The van der Waals surface area contributed by atoms with E-state index in [4.69, 9.17) is 14.2 Å². The van der Waals surface area contributed by atoms with Gasteiger partial charge in [0.1, 0.15) is 26.4 Å². The molecule has 55 heavy (non-hydrogen) atoms. The minimum Gasteiger partial charge on any atom is -0.464 e. The lowest BCUT2D eigenvalue weighted by atomic mass is 9.65. The minimum atomic E-state index is -0.988. The number of rotatable bonds is 23. The van der Waals surface area contributed by atoms with Crippen LogP contribution in [0.25, 0.3) is 0 Å². The molecule has 0 aromatic carbocycles. The average Bonchev–Trinajstić information content (AvgIpc) is 3.36. The fourth-order valence-electron chi connectivity index (χ4n) is 6.04. The molecule has 0 aliphatic carbocycles. The van der Waals surface area contributed by atoms with Gasteiger partial charge in [-0.25, -0.2) is 4.79 Å². The Kier molecular flexibility index (Phi) is 19.2. The molecule has 318 valence electrons. The Morgan fingerprint density at radius 1 is 0.873 bits per heavy atom. The molecule has 14 heteroatoms. The van der Waals surface area contributed by atoms with Gasteiger partial charge in [-0.2, -0.15) is 0 Å². The third-order valence-electron chi connectivity index (χ3n) is 11.6. The molecular weight excluding hydrogens is 725 g/mol. The van der Waals surface area contributed by atoms with Gasteiger partial charge in [-0.05, 0) is 58.3 Å². The van der Waals surface area contributed by atoms with Gasteiger partial charge in [-0.3, -0.25) is 28.9 Å². The summed E-state index contributed by atoms with van der Waals surface area (Å²) in [5.74, 6) is -2.57. The van der Waals surface area contributed by atoms with Gasteiger partial charge >= 0.3 is 23.9 Å². The number of likely N-dealkylation sites (tertiary alicyclic amines) is 1. The van der Waals surface area contributed by atoms with Crippen LogP contribution in [0.1, 0.15) is 109 Å². The SMILES string of the molecule is CCCN(C(=O)N(C)C(C)C)C(C)C(C)(C)C(=O)OCCSC1CC(=O)N(CCOC(=O)C(C)C(C)(C)CC(C(=O)OCC[N+](C)(C)C)C(C)(C)CC)C1=O. The van der Waals surface area contributed by atoms with E-state index in [1.165, 1.54) is 11.8 Å². The predicted molar refractivity (Wildman–Crippen MR) is 217 cm³/mol. The second-order valence-corrected chi connectivity index (χ2v) is 19.6. The number of nitrogens with zero attached hydrogens (tertiary/aromatic N) is 4. The Labute approximate surface area is 336 Å². The van der Waals surface area contributed by atoms with E-state index in [0.29, 0.717) is 36.4 Å². The number of urea groups is 1. The molecule has 1 aliphatic heterocycles. The van der Waals surface area contributed by atoms with Crippen molar-refractivity contribution in [3.8, 4) is 0 Å². The summed E-state index contributed by atoms with van der Waals surface area (Å²) < 4.78 is 17.6. The van der Waals surface area contributed by atoms with E-state index in [9.17, 15) is 28.8 Å². The van der Waals surface area contributed by atoms with Crippen molar-refractivity contribution in [3.63, 3.8) is 0 Å². The van der Waals surface area contributed by atoms with E-state index in [1.807, 2.05) is 83.5 Å². The molecule has 1 heterocycles. The van der Waals surface area contributed by atoms with Crippen LogP contribution >= 0.6 is 11.8 Å². The molecule has 0 spiro atoms. The molecule has 1 aliphatic rings. The van der Waals surface area contributed by atoms with Gasteiger partial charge in [0.25, 0.3) is 0 Å². The van der Waals surface area contributed by atoms with Crippen LogP contribution in [-0.2, 0) is 38.2 Å². The molecule has 0 bridgehead atoms. The van der Waals surface area contributed by atoms with E-state index in [0.717, 1.165) is 17.7 Å². The summed E-state index contributed by atoms with van der Waals surface area (Å²) in [7, 11) is 7.86. The number of esters is 3. The molecule has 1 fully saturated rings. The van der Waals surface area contributed by atoms with Crippen LogP contribution in [0.2, 0.25) is 0 Å². The molecule has 0 N–H and O–H groups in total. The first kappa shape index (κ1) is 50.1. The molecule has 4 unspecified atom stereocenters. The lowest BCUT2D eigenvalue weighted by Gasteiger charge is -2.40. The number of hydrogen-bond donors (Lipinski definition) is 0. The van der Waals surface area contributed by atoms with Gasteiger partial charge in [0.15, 0.2) is 0 Å². The first-order chi connectivity index (χ1) is 25.2. The molecule has 4 atom stereocenters. The Hall–Kier alpha value is -2.87. The quantitative estimate of drug-likeness (QED) is 0.0405. The Morgan fingerprint density at radius 3 is 1.98 bits per heavy atom. The van der Waals surface area contributed by atoms with Crippen molar-refractivity contribution in [3.05, 3.63) is 0 Å². The normalized spacial score (nSPS) is 17.2. The van der Waals surface area contributed by atoms with Crippen molar-refractivity contribution in [1.82, 2.24) is 14.7 Å². The third kappa shape index (κ3) is 14.5. The second kappa shape index (κ2) is 21.0. The molecule has 0 radical (unpaired) electrons. The summed E-state index contributed by atoms with van der Waals surface area (Å²) in [6, 6.07) is -0.565. The van der Waals surface area contributed by atoms with Crippen molar-refractivity contribution in [1.29, 1.82) is 0 Å². The van der Waals surface area contributed by atoms with Gasteiger partial charge < -0.3 is 28.5 Å². The zero-order valence-electron chi connectivity index (χ0n) is 37.0. The summed E-state index contributed by atoms with van der Waals surface area (Å²) in [5, 5.41) is -0.628.